The van der Waals surface area contributed by atoms with Gasteiger partial charge >= 0.3 is 23.6 Å². The van der Waals surface area contributed by atoms with Crippen LogP contribution in [0, 0.1) is 10.1 Å². The summed E-state index contributed by atoms with van der Waals surface area (Å²) in [5, 5.41) is 31.3. The molecule has 2 N–H and O–H groups in total. The Morgan fingerprint density at radius 1 is 1.30 bits per heavy atom. The van der Waals surface area contributed by atoms with Gasteiger partial charge in [0.15, 0.2) is 0 Å². The zero-order valence-electron chi connectivity index (χ0n) is 19.6. The highest BCUT2D eigenvalue weighted by molar-refractivity contribution is 6.28. The lowest BCUT2D eigenvalue weighted by Gasteiger charge is -2.43. The molecule has 1 aliphatic heterocycles. The van der Waals surface area contributed by atoms with E-state index in [9.17, 15) is 38.3 Å². The van der Waals surface area contributed by atoms with Crippen molar-refractivity contribution in [3.05, 3.63) is 57.5 Å². The third-order valence-corrected chi connectivity index (χ3v) is 5.97. The molecule has 0 aliphatic carbocycles. The number of halogens is 4. The molecule has 0 radical (unpaired) electrons. The van der Waals surface area contributed by atoms with Crippen molar-refractivity contribution in [2.45, 2.75) is 37.9 Å². The van der Waals surface area contributed by atoms with Crippen LogP contribution in [-0.2, 0) is 6.54 Å². The van der Waals surface area contributed by atoms with E-state index in [1.807, 2.05) is 4.90 Å². The number of nitro groups is 1. The smallest absolute Gasteiger partial charge is 0.465 e. The number of benzene rings is 1. The number of amides is 1. The van der Waals surface area contributed by atoms with Crippen molar-refractivity contribution >= 4 is 29.6 Å². The molecule has 37 heavy (non-hydrogen) atoms. The Labute approximate surface area is 214 Å². The Morgan fingerprint density at radius 2 is 1.97 bits per heavy atom. The fourth-order valence-electron chi connectivity index (χ4n) is 4.07. The topological polar surface area (TPSA) is 134 Å². The molecule has 1 fully saturated rings. The number of rotatable bonds is 9. The van der Waals surface area contributed by atoms with Gasteiger partial charge in [-0.25, -0.2) is 4.79 Å². The van der Waals surface area contributed by atoms with Crippen molar-refractivity contribution in [1.29, 1.82) is 0 Å². The molecule has 0 bridgehead atoms. The number of alkyl halides is 3. The van der Waals surface area contributed by atoms with Crippen LogP contribution in [-0.4, -0.2) is 84.8 Å². The van der Waals surface area contributed by atoms with Gasteiger partial charge in [0.25, 0.3) is 0 Å². The quantitative estimate of drug-likeness (QED) is 0.357. The van der Waals surface area contributed by atoms with Crippen LogP contribution in [0.15, 0.2) is 36.5 Å². The van der Waals surface area contributed by atoms with Crippen molar-refractivity contribution in [2.24, 2.45) is 0 Å². The molecule has 1 aromatic heterocycles. The molecule has 1 amide bonds. The Bertz CT molecular complexity index is 1140. The number of carbonyl (C=O) groups is 1. The molecule has 1 saturated heterocycles. The van der Waals surface area contributed by atoms with Crippen LogP contribution < -0.4 is 4.74 Å². The first-order valence-electron chi connectivity index (χ1n) is 11.1. The summed E-state index contributed by atoms with van der Waals surface area (Å²) in [5.74, 6) is -0.789. The molecule has 2 aromatic rings. The van der Waals surface area contributed by atoms with Gasteiger partial charge in [0.2, 0.25) is 0 Å². The molecule has 2 heterocycles. The number of piperazine rings is 1. The third kappa shape index (κ3) is 8.33. The van der Waals surface area contributed by atoms with Crippen molar-refractivity contribution in [3.63, 3.8) is 0 Å². The maximum atomic E-state index is 12.3. The first-order valence-corrected chi connectivity index (χ1v) is 11.4. The fourth-order valence-corrected chi connectivity index (χ4v) is 4.27. The second-order valence-electron chi connectivity index (χ2n) is 8.86. The van der Waals surface area contributed by atoms with Crippen LogP contribution in [0.5, 0.6) is 5.75 Å². The van der Waals surface area contributed by atoms with Crippen LogP contribution in [0.4, 0.5) is 23.8 Å². The summed E-state index contributed by atoms with van der Waals surface area (Å²) in [5.41, 5.74) is -0.768. The molecule has 0 spiro atoms. The maximum absolute atomic E-state index is 12.3. The highest BCUT2D eigenvalue weighted by Gasteiger charge is 2.35. The minimum absolute atomic E-state index is 0.0826. The lowest BCUT2D eigenvalue weighted by atomic mass is 10.0. The SMILES string of the molecule is C[C@](O)(CN1CCN(C(=O)O)CC1CC=Cc1ccc(OC(F)(F)F)cc1)Cn1cc([N+](=O)[O-])nc1Cl. The third-order valence-electron chi connectivity index (χ3n) is 5.66. The van der Waals surface area contributed by atoms with E-state index in [1.165, 1.54) is 40.7 Å². The molecule has 1 unspecified atom stereocenters. The van der Waals surface area contributed by atoms with Gasteiger partial charge in [-0.15, -0.1) is 13.2 Å². The van der Waals surface area contributed by atoms with Crippen LogP contribution >= 0.6 is 11.6 Å². The number of ether oxygens (including phenoxy) is 1. The number of carboxylic acid groups (broad SMARTS) is 1. The normalized spacial score (nSPS) is 18.6. The van der Waals surface area contributed by atoms with Crippen molar-refractivity contribution in [2.75, 3.05) is 26.2 Å². The Hall–Kier alpha value is -3.36. The largest absolute Gasteiger partial charge is 0.573 e. The van der Waals surface area contributed by atoms with E-state index in [0.717, 1.165) is 6.20 Å². The highest BCUT2D eigenvalue weighted by Crippen LogP contribution is 2.24. The zero-order valence-corrected chi connectivity index (χ0v) is 20.4. The molecule has 3 rings (SSSR count). The van der Waals surface area contributed by atoms with E-state index < -0.39 is 28.8 Å². The van der Waals surface area contributed by atoms with Gasteiger partial charge in [-0.2, -0.15) is 0 Å². The maximum Gasteiger partial charge on any atom is 0.573 e. The summed E-state index contributed by atoms with van der Waals surface area (Å²) in [6, 6.07) is 4.98. The summed E-state index contributed by atoms with van der Waals surface area (Å²) in [4.78, 5) is 28.6. The van der Waals surface area contributed by atoms with Crippen LogP contribution in [0.3, 0.4) is 0 Å². The van der Waals surface area contributed by atoms with Gasteiger partial charge < -0.3 is 30.0 Å². The molecule has 1 aliphatic rings. The molecule has 1 aromatic carbocycles. The lowest BCUT2D eigenvalue weighted by molar-refractivity contribution is -0.389. The molecule has 202 valence electrons. The van der Waals surface area contributed by atoms with Gasteiger partial charge in [-0.3, -0.25) is 9.47 Å². The number of aliphatic hydroxyl groups is 1. The van der Waals surface area contributed by atoms with Gasteiger partial charge in [-0.05, 0) is 52.5 Å². The first-order chi connectivity index (χ1) is 17.2. The molecule has 11 nitrogen and oxygen atoms in total. The second kappa shape index (κ2) is 11.4. The fraction of sp³-hybridized carbons (Fsp3) is 0.455. The van der Waals surface area contributed by atoms with Crippen molar-refractivity contribution < 1.29 is 37.8 Å². The average Bonchev–Trinajstić information content (AvgIpc) is 3.14. The van der Waals surface area contributed by atoms with E-state index in [1.54, 1.807) is 12.2 Å². The van der Waals surface area contributed by atoms with E-state index >= 15 is 0 Å². The summed E-state index contributed by atoms with van der Waals surface area (Å²) in [7, 11) is 0. The number of aromatic nitrogens is 2. The van der Waals surface area contributed by atoms with Crippen molar-refractivity contribution in [3.8, 4) is 5.75 Å². The number of hydrogen-bond donors (Lipinski definition) is 2. The van der Waals surface area contributed by atoms with Gasteiger partial charge in [-0.1, -0.05) is 24.3 Å². The number of β-amino-alcohol motifs (C(OH)–C–C–N with tert-alkyl or cyclic N) is 1. The highest BCUT2D eigenvalue weighted by atomic mass is 35.5. The van der Waals surface area contributed by atoms with Gasteiger partial charge in [0.05, 0.1) is 12.1 Å². The van der Waals surface area contributed by atoms with E-state index in [4.69, 9.17) is 11.6 Å². The Morgan fingerprint density at radius 3 is 2.54 bits per heavy atom. The summed E-state index contributed by atoms with van der Waals surface area (Å²) in [6.07, 6.45) is -0.872. The summed E-state index contributed by atoms with van der Waals surface area (Å²) in [6.45, 7) is 2.30. The number of imidazole rings is 1. The number of hydrogen-bond acceptors (Lipinski definition) is 7. The predicted octanol–water partition coefficient (Wildman–Crippen LogP) is 3.86. The number of nitrogens with zero attached hydrogens (tertiary/aromatic N) is 5. The standard InChI is InChI=1S/C22H25ClF3N5O6/c1-21(34,14-30-12-18(31(35)36)27-19(30)23)13-29-10-9-28(20(32)33)11-16(29)4-2-3-15-5-7-17(8-6-15)37-22(24,25)26/h2-3,5-8,12,16,34H,4,9-11,13-14H2,1H3,(H,32,33)/t16?,21-/m0/s1. The van der Waals surface area contributed by atoms with Crippen LogP contribution in [0.25, 0.3) is 6.08 Å². The van der Waals surface area contributed by atoms with Gasteiger partial charge in [0, 0.05) is 32.2 Å². The molecule has 2 atom stereocenters. The van der Waals surface area contributed by atoms with E-state index in [0.29, 0.717) is 18.5 Å². The first kappa shape index (κ1) is 28.2. The molecule has 0 saturated carbocycles. The zero-order chi connectivity index (χ0) is 27.4. The Balaban J connectivity index is 1.68. The molecular formula is C22H25ClF3N5O6. The van der Waals surface area contributed by atoms with E-state index in [2.05, 4.69) is 9.72 Å². The van der Waals surface area contributed by atoms with Crippen LogP contribution in [0.2, 0.25) is 5.28 Å². The average molecular weight is 548 g/mol. The van der Waals surface area contributed by atoms with Crippen molar-refractivity contribution in [1.82, 2.24) is 19.4 Å². The van der Waals surface area contributed by atoms with Crippen LogP contribution in [0.1, 0.15) is 18.9 Å². The second-order valence-corrected chi connectivity index (χ2v) is 9.20. The monoisotopic (exact) mass is 547 g/mol. The molecular weight excluding hydrogens is 523 g/mol. The minimum atomic E-state index is -4.78. The van der Waals surface area contributed by atoms with Gasteiger partial charge in [0.1, 0.15) is 11.9 Å². The predicted molar refractivity (Wildman–Crippen MR) is 126 cm³/mol. The summed E-state index contributed by atoms with van der Waals surface area (Å²) < 4.78 is 42.1. The Kier molecular flexibility index (Phi) is 8.66. The van der Waals surface area contributed by atoms with E-state index in [-0.39, 0.29) is 43.3 Å². The minimum Gasteiger partial charge on any atom is -0.465 e. The summed E-state index contributed by atoms with van der Waals surface area (Å²) >= 11 is 5.97. The lowest BCUT2D eigenvalue weighted by Crippen LogP contribution is -2.58. The molecule has 15 heteroatoms.